The number of hydrogen-bond acceptors (Lipinski definition) is 5. The molecule has 0 saturated carbocycles. The van der Waals surface area contributed by atoms with Gasteiger partial charge in [0.15, 0.2) is 0 Å². The summed E-state index contributed by atoms with van der Waals surface area (Å²) in [6.07, 6.45) is -5.81. The van der Waals surface area contributed by atoms with Gasteiger partial charge < -0.3 is 14.7 Å². The first-order chi connectivity index (χ1) is 12.0. The van der Waals surface area contributed by atoms with Gasteiger partial charge in [0.05, 0.1) is 24.7 Å². The molecule has 1 N–H and O–H groups in total. The van der Waals surface area contributed by atoms with Crippen LogP contribution in [0, 0.1) is 0 Å². The van der Waals surface area contributed by atoms with Gasteiger partial charge in [0.1, 0.15) is 6.04 Å². The number of azide groups is 1. The van der Waals surface area contributed by atoms with Crippen molar-refractivity contribution in [2.75, 3.05) is 14.2 Å². The second-order valence-electron chi connectivity index (χ2n) is 4.97. The number of carbonyl (C=O) groups excluding carboxylic acids is 2. The predicted molar refractivity (Wildman–Crippen MR) is 80.4 cm³/mol. The minimum absolute atomic E-state index is 0.367. The molecule has 0 fully saturated rings. The molecule has 0 bridgehead atoms. The number of amides is 1. The highest BCUT2D eigenvalue weighted by molar-refractivity contribution is 5.99. The Morgan fingerprint density at radius 1 is 1.38 bits per heavy atom. The number of benzene rings is 1. The maximum atomic E-state index is 13.2. The molecule has 1 aromatic carbocycles. The Morgan fingerprint density at radius 3 is 2.46 bits per heavy atom. The van der Waals surface area contributed by atoms with Gasteiger partial charge in [-0.3, -0.25) is 9.59 Å². The summed E-state index contributed by atoms with van der Waals surface area (Å²) < 4.78 is 44.1. The number of rotatable bonds is 6. The Kier molecular flexibility index (Phi) is 6.56. The third-order valence-electron chi connectivity index (χ3n) is 3.33. The molecule has 0 unspecified atom stereocenters. The fourth-order valence-corrected chi connectivity index (χ4v) is 2.08. The summed E-state index contributed by atoms with van der Waals surface area (Å²) in [4.78, 5) is 37.9. The van der Waals surface area contributed by atoms with Crippen LogP contribution in [0.25, 0.3) is 10.4 Å². The number of hydrogen-bond donors (Lipinski definition) is 1. The summed E-state index contributed by atoms with van der Waals surface area (Å²) in [6.45, 7) is 0. The predicted octanol–water partition coefficient (Wildman–Crippen LogP) is 2.74. The van der Waals surface area contributed by atoms with Crippen molar-refractivity contribution in [2.24, 2.45) is 5.11 Å². The van der Waals surface area contributed by atoms with Crippen LogP contribution in [-0.2, 0) is 20.5 Å². The Bertz CT molecular complexity index is 774. The molecule has 0 aliphatic heterocycles. The first kappa shape index (κ1) is 20.8. The normalized spacial score (nSPS) is 11.9. The Balaban J connectivity index is 3.39. The molecule has 1 amide bonds. The van der Waals surface area contributed by atoms with Gasteiger partial charge >= 0.3 is 18.1 Å². The van der Waals surface area contributed by atoms with Gasteiger partial charge in [-0.05, 0) is 17.7 Å². The number of likely N-dealkylation sites (N-methyl/N-ethyl adjacent to an activating group) is 1. The minimum atomic E-state index is -4.96. The van der Waals surface area contributed by atoms with Gasteiger partial charge in [-0.25, -0.2) is 4.79 Å². The van der Waals surface area contributed by atoms with Crippen molar-refractivity contribution >= 4 is 23.5 Å². The van der Waals surface area contributed by atoms with Crippen LogP contribution in [0.5, 0.6) is 0 Å². The van der Waals surface area contributed by atoms with Gasteiger partial charge in [-0.15, -0.1) is 0 Å². The van der Waals surface area contributed by atoms with Gasteiger partial charge in [-0.1, -0.05) is 11.2 Å². The second kappa shape index (κ2) is 8.21. The Morgan fingerprint density at radius 2 is 2.00 bits per heavy atom. The monoisotopic (exact) mass is 374 g/mol. The number of carboxylic acid groups (broad SMARTS) is 1. The van der Waals surface area contributed by atoms with Crippen molar-refractivity contribution < 1.29 is 37.4 Å². The largest absolute Gasteiger partial charge is 0.481 e. The van der Waals surface area contributed by atoms with Crippen LogP contribution >= 0.6 is 0 Å². The van der Waals surface area contributed by atoms with Crippen LogP contribution in [0.15, 0.2) is 23.3 Å². The number of esters is 1. The molecule has 0 radical (unpaired) electrons. The van der Waals surface area contributed by atoms with E-state index in [-0.39, 0.29) is 5.69 Å². The van der Waals surface area contributed by atoms with Crippen LogP contribution in [0.4, 0.5) is 18.9 Å². The maximum Gasteiger partial charge on any atom is 0.417 e. The van der Waals surface area contributed by atoms with Crippen molar-refractivity contribution in [3.8, 4) is 0 Å². The number of nitrogens with zero attached hydrogens (tertiary/aromatic N) is 4. The molecule has 26 heavy (non-hydrogen) atoms. The number of alkyl halides is 3. The third-order valence-corrected chi connectivity index (χ3v) is 3.33. The van der Waals surface area contributed by atoms with E-state index in [1.807, 2.05) is 0 Å². The van der Waals surface area contributed by atoms with Gasteiger partial charge in [0.2, 0.25) is 0 Å². The zero-order chi connectivity index (χ0) is 20.1. The molecule has 0 aliphatic carbocycles. The zero-order valence-electron chi connectivity index (χ0n) is 13.5. The molecule has 0 heterocycles. The van der Waals surface area contributed by atoms with E-state index in [2.05, 4.69) is 14.8 Å². The standard InChI is InChI=1S/C14H13F3N4O5/c1-21(10(6-11(22)23)13(25)26-2)12(24)8-4-3-7(19-20-18)5-9(8)14(15,16)17/h3-5,10H,6H2,1-2H3,(H,22,23)/t10-/m0/s1. The van der Waals surface area contributed by atoms with Crippen molar-refractivity contribution in [3.63, 3.8) is 0 Å². The van der Waals surface area contributed by atoms with Crippen molar-refractivity contribution in [3.05, 3.63) is 39.8 Å². The smallest absolute Gasteiger partial charge is 0.417 e. The molecule has 0 aromatic heterocycles. The van der Waals surface area contributed by atoms with Gasteiger partial charge in [0.25, 0.3) is 5.91 Å². The third kappa shape index (κ3) is 4.86. The lowest BCUT2D eigenvalue weighted by molar-refractivity contribution is -0.150. The summed E-state index contributed by atoms with van der Waals surface area (Å²) in [5, 5.41) is 11.9. The summed E-state index contributed by atoms with van der Waals surface area (Å²) in [5.41, 5.74) is 5.73. The molecule has 0 saturated heterocycles. The lowest BCUT2D eigenvalue weighted by Gasteiger charge is -2.26. The molecule has 1 aromatic rings. The van der Waals surface area contributed by atoms with Crippen LogP contribution < -0.4 is 0 Å². The molecular weight excluding hydrogens is 361 g/mol. The van der Waals surface area contributed by atoms with Gasteiger partial charge in [-0.2, -0.15) is 13.2 Å². The first-order valence-corrected chi connectivity index (χ1v) is 6.86. The minimum Gasteiger partial charge on any atom is -0.481 e. The average Bonchev–Trinajstić information content (AvgIpc) is 2.57. The number of halogens is 3. The molecule has 1 atom stereocenters. The number of carbonyl (C=O) groups is 3. The summed E-state index contributed by atoms with van der Waals surface area (Å²) in [6, 6.07) is 0.620. The lowest BCUT2D eigenvalue weighted by Crippen LogP contribution is -2.44. The van der Waals surface area contributed by atoms with E-state index in [0.29, 0.717) is 11.0 Å². The average molecular weight is 374 g/mol. The van der Waals surface area contributed by atoms with E-state index >= 15 is 0 Å². The van der Waals surface area contributed by atoms with E-state index in [9.17, 15) is 27.6 Å². The van der Waals surface area contributed by atoms with Crippen LogP contribution in [0.3, 0.4) is 0 Å². The zero-order valence-corrected chi connectivity index (χ0v) is 13.5. The van der Waals surface area contributed by atoms with Crippen LogP contribution in [0.1, 0.15) is 22.3 Å². The van der Waals surface area contributed by atoms with E-state index in [0.717, 1.165) is 26.3 Å². The van der Waals surface area contributed by atoms with E-state index < -0.39 is 47.6 Å². The molecule has 12 heteroatoms. The summed E-state index contributed by atoms with van der Waals surface area (Å²) in [7, 11) is 1.93. The number of ether oxygens (including phenoxy) is 1. The van der Waals surface area contributed by atoms with Crippen molar-refractivity contribution in [1.29, 1.82) is 0 Å². The molecule has 9 nitrogen and oxygen atoms in total. The number of methoxy groups -OCH3 is 1. The van der Waals surface area contributed by atoms with Crippen LogP contribution in [-0.4, -0.2) is 48.1 Å². The molecule has 0 spiro atoms. The highest BCUT2D eigenvalue weighted by atomic mass is 19.4. The van der Waals surface area contributed by atoms with Crippen molar-refractivity contribution in [2.45, 2.75) is 18.6 Å². The van der Waals surface area contributed by atoms with E-state index in [1.54, 1.807) is 0 Å². The van der Waals surface area contributed by atoms with Crippen molar-refractivity contribution in [1.82, 2.24) is 4.90 Å². The molecular formula is C14H13F3N4O5. The summed E-state index contributed by atoms with van der Waals surface area (Å²) >= 11 is 0. The Hall–Kier alpha value is -3.27. The SMILES string of the molecule is COC(=O)[C@H](CC(=O)O)N(C)C(=O)c1ccc(N=[N+]=[N-])cc1C(F)(F)F. The highest BCUT2D eigenvalue weighted by Crippen LogP contribution is 2.35. The number of carboxylic acids is 1. The van der Waals surface area contributed by atoms with E-state index in [4.69, 9.17) is 10.6 Å². The molecule has 0 aliphatic rings. The van der Waals surface area contributed by atoms with Gasteiger partial charge in [0, 0.05) is 17.6 Å². The fourth-order valence-electron chi connectivity index (χ4n) is 2.08. The number of aliphatic carboxylic acids is 1. The second-order valence-corrected chi connectivity index (χ2v) is 4.97. The quantitative estimate of drug-likeness (QED) is 0.354. The molecule has 1 rings (SSSR count). The first-order valence-electron chi connectivity index (χ1n) is 6.86. The summed E-state index contributed by atoms with van der Waals surface area (Å²) in [5.74, 6) is -3.79. The fraction of sp³-hybridized carbons (Fsp3) is 0.357. The Labute approximate surface area is 144 Å². The molecule has 140 valence electrons. The van der Waals surface area contributed by atoms with Crippen LogP contribution in [0.2, 0.25) is 0 Å². The topological polar surface area (TPSA) is 133 Å². The highest BCUT2D eigenvalue weighted by Gasteiger charge is 2.38. The van der Waals surface area contributed by atoms with E-state index in [1.165, 1.54) is 0 Å². The lowest BCUT2D eigenvalue weighted by atomic mass is 10.0. The maximum absolute atomic E-state index is 13.2.